The molecule has 1 saturated carbocycles. The third-order valence-electron chi connectivity index (χ3n) is 6.91. The lowest BCUT2D eigenvalue weighted by Gasteiger charge is -2.18. The fraction of sp³-hybridized carbons (Fsp3) is 0.364. The van der Waals surface area contributed by atoms with Gasteiger partial charge in [0, 0.05) is 29.8 Å². The molecule has 3 aliphatic rings. The van der Waals surface area contributed by atoms with E-state index in [1.54, 1.807) is 18.3 Å². The van der Waals surface area contributed by atoms with Crippen LogP contribution in [0.25, 0.3) is 11.1 Å². The molecule has 9 nitrogen and oxygen atoms in total. The maximum Gasteiger partial charge on any atom is 0.414 e. The summed E-state index contributed by atoms with van der Waals surface area (Å²) < 4.78 is 48.5. The summed E-state index contributed by atoms with van der Waals surface area (Å²) in [6.45, 7) is 0.405. The van der Waals surface area contributed by atoms with Gasteiger partial charge in [-0.25, -0.2) is 18.3 Å². The van der Waals surface area contributed by atoms with Crippen LogP contribution in [0.5, 0.6) is 0 Å². The van der Waals surface area contributed by atoms with Crippen LogP contribution in [0.4, 0.5) is 19.3 Å². The number of fused-ring (bicyclic) bond motifs is 1. The van der Waals surface area contributed by atoms with Crippen molar-refractivity contribution in [3.05, 3.63) is 60.2 Å². The standard InChI is InChI=1S/C22H20F2N6O3S/c23-17-5-13(30-9-14(33-21(30)31)8-29-4-3-27-28-29)6-18(24)20(17)12-1-2-19(26-7-12)22(25)15-10-34(32)11-16(15)22/h1-7,14-16H,8-11,25H2/t14-,15-,16+,22-,34?/m0/s1. The van der Waals surface area contributed by atoms with E-state index in [1.165, 1.54) is 22.0 Å². The molecule has 2 aliphatic heterocycles. The van der Waals surface area contributed by atoms with Crippen LogP contribution in [0.1, 0.15) is 5.69 Å². The lowest BCUT2D eigenvalue weighted by atomic mass is 10.0. The number of rotatable bonds is 5. The van der Waals surface area contributed by atoms with Crippen LogP contribution >= 0.6 is 0 Å². The van der Waals surface area contributed by atoms with E-state index < -0.39 is 40.5 Å². The molecule has 2 aromatic heterocycles. The van der Waals surface area contributed by atoms with Gasteiger partial charge in [-0.05, 0) is 18.2 Å². The molecular formula is C22H20F2N6O3S. The van der Waals surface area contributed by atoms with Crippen LogP contribution < -0.4 is 10.6 Å². The van der Waals surface area contributed by atoms with E-state index in [4.69, 9.17) is 10.5 Å². The Hall–Kier alpha value is -3.09. The third kappa shape index (κ3) is 3.36. The van der Waals surface area contributed by atoms with Crippen molar-refractivity contribution in [3.8, 4) is 11.1 Å². The van der Waals surface area contributed by atoms with E-state index in [9.17, 15) is 9.35 Å². The molecule has 5 atom stereocenters. The lowest BCUT2D eigenvalue weighted by molar-refractivity contribution is 0.129. The Morgan fingerprint density at radius 2 is 1.97 bits per heavy atom. The van der Waals surface area contributed by atoms with E-state index in [2.05, 4.69) is 15.3 Å². The molecule has 1 aliphatic carbocycles. The number of hydrogen-bond acceptors (Lipinski definition) is 7. The average molecular weight is 487 g/mol. The Morgan fingerprint density at radius 3 is 2.59 bits per heavy atom. The summed E-state index contributed by atoms with van der Waals surface area (Å²) in [5.74, 6) is -0.250. The van der Waals surface area contributed by atoms with E-state index in [0.717, 1.165) is 12.1 Å². The molecule has 1 amide bonds. The summed E-state index contributed by atoms with van der Waals surface area (Å²) in [5, 5.41) is 7.53. The topological polar surface area (TPSA) is 122 Å². The first kappa shape index (κ1) is 21.4. The number of anilines is 1. The van der Waals surface area contributed by atoms with Gasteiger partial charge in [-0.15, -0.1) is 5.10 Å². The summed E-state index contributed by atoms with van der Waals surface area (Å²) >= 11 is -0.832. The van der Waals surface area contributed by atoms with Crippen LogP contribution in [0, 0.1) is 23.5 Å². The van der Waals surface area contributed by atoms with Crippen molar-refractivity contribution in [2.45, 2.75) is 18.2 Å². The SMILES string of the molecule is N[C@]1(c2ccc(-c3c(F)cc(N4C[C@H](Cn5ccnn5)OC4=O)cc3F)cn2)[C@@H]2C[S+]([O-])C[C@@H]21. The highest BCUT2D eigenvalue weighted by Crippen LogP contribution is 2.60. The van der Waals surface area contributed by atoms with Crippen molar-refractivity contribution in [2.24, 2.45) is 17.6 Å². The molecule has 0 spiro atoms. The Labute approximate surface area is 196 Å². The van der Waals surface area contributed by atoms with Crippen molar-refractivity contribution < 1.29 is 22.9 Å². The van der Waals surface area contributed by atoms with Crippen molar-refractivity contribution in [2.75, 3.05) is 23.0 Å². The quantitative estimate of drug-likeness (QED) is 0.546. The zero-order chi connectivity index (χ0) is 23.6. The fourth-order valence-electron chi connectivity index (χ4n) is 5.08. The Bertz CT molecular complexity index is 1220. The second kappa shape index (κ2) is 7.72. The second-order valence-corrected chi connectivity index (χ2v) is 10.4. The van der Waals surface area contributed by atoms with Gasteiger partial charge in [0.2, 0.25) is 0 Å². The van der Waals surface area contributed by atoms with Crippen molar-refractivity contribution in [1.82, 2.24) is 20.0 Å². The molecule has 12 heteroatoms. The van der Waals surface area contributed by atoms with E-state index in [-0.39, 0.29) is 41.7 Å². The van der Waals surface area contributed by atoms with Gasteiger partial charge < -0.3 is 15.0 Å². The minimum absolute atomic E-state index is 0.0640. The minimum atomic E-state index is -0.832. The molecule has 0 radical (unpaired) electrons. The number of nitrogens with two attached hydrogens (primary N) is 1. The third-order valence-corrected chi connectivity index (χ3v) is 8.37. The van der Waals surface area contributed by atoms with Crippen molar-refractivity contribution in [1.29, 1.82) is 0 Å². The summed E-state index contributed by atoms with van der Waals surface area (Å²) in [6, 6.07) is 5.48. The predicted octanol–water partition coefficient (Wildman–Crippen LogP) is 1.81. The Balaban J connectivity index is 1.21. The van der Waals surface area contributed by atoms with Crippen LogP contribution in [0.2, 0.25) is 0 Å². The van der Waals surface area contributed by atoms with Crippen molar-refractivity contribution >= 4 is 23.0 Å². The molecule has 2 saturated heterocycles. The maximum absolute atomic E-state index is 15.0. The minimum Gasteiger partial charge on any atom is -0.616 e. The molecule has 176 valence electrons. The number of aromatic nitrogens is 4. The van der Waals surface area contributed by atoms with Crippen LogP contribution in [-0.4, -0.2) is 54.8 Å². The zero-order valence-electron chi connectivity index (χ0n) is 17.8. The largest absolute Gasteiger partial charge is 0.616 e. The predicted molar refractivity (Wildman–Crippen MR) is 118 cm³/mol. The molecule has 3 aromatic rings. The summed E-state index contributed by atoms with van der Waals surface area (Å²) in [4.78, 5) is 17.9. The van der Waals surface area contributed by atoms with E-state index in [1.807, 2.05) is 0 Å². The lowest BCUT2D eigenvalue weighted by Crippen LogP contribution is -2.31. The second-order valence-electron chi connectivity index (χ2n) is 8.88. The highest BCUT2D eigenvalue weighted by molar-refractivity contribution is 7.91. The number of pyridine rings is 1. The van der Waals surface area contributed by atoms with Gasteiger partial charge in [-0.1, -0.05) is 22.5 Å². The maximum atomic E-state index is 15.0. The number of carbonyl (C=O) groups is 1. The molecule has 1 unspecified atom stereocenters. The van der Waals surface area contributed by atoms with Crippen LogP contribution in [0.15, 0.2) is 42.9 Å². The molecule has 4 heterocycles. The van der Waals surface area contributed by atoms with E-state index >= 15 is 8.78 Å². The normalized spacial score (nSPS) is 29.9. The van der Waals surface area contributed by atoms with Gasteiger partial charge in [-0.3, -0.25) is 9.88 Å². The molecule has 34 heavy (non-hydrogen) atoms. The van der Waals surface area contributed by atoms with Crippen LogP contribution in [0.3, 0.4) is 0 Å². The first-order valence-corrected chi connectivity index (χ1v) is 12.3. The molecule has 2 N–H and O–H groups in total. The number of nitrogens with zero attached hydrogens (tertiary/aromatic N) is 5. The number of halogens is 2. The number of cyclic esters (lactones) is 1. The highest BCUT2D eigenvalue weighted by Gasteiger charge is 2.71. The molecule has 0 bridgehead atoms. The Morgan fingerprint density at radius 1 is 1.24 bits per heavy atom. The smallest absolute Gasteiger partial charge is 0.414 e. The summed E-state index contributed by atoms with van der Waals surface area (Å²) in [7, 11) is 0. The number of ether oxygens (including phenoxy) is 1. The average Bonchev–Trinajstić information content (AvgIpc) is 3.32. The number of carbonyl (C=O) groups excluding carboxylic acids is 1. The van der Waals surface area contributed by atoms with Gasteiger partial charge >= 0.3 is 6.09 Å². The van der Waals surface area contributed by atoms with Gasteiger partial charge in [0.15, 0.2) is 0 Å². The summed E-state index contributed by atoms with van der Waals surface area (Å²) in [5.41, 5.74) is 6.59. The van der Waals surface area contributed by atoms with Gasteiger partial charge in [0.05, 0.1) is 41.8 Å². The monoisotopic (exact) mass is 486 g/mol. The number of benzene rings is 1. The number of hydrogen-bond donors (Lipinski definition) is 1. The zero-order valence-corrected chi connectivity index (χ0v) is 18.6. The Kier molecular flexibility index (Phi) is 4.87. The molecule has 1 aromatic carbocycles. The first-order valence-electron chi connectivity index (χ1n) is 10.8. The number of amides is 1. The first-order chi connectivity index (χ1) is 16.3. The van der Waals surface area contributed by atoms with Gasteiger partial charge in [0.1, 0.15) is 29.2 Å². The molecule has 3 fully saturated rings. The molecular weight excluding hydrogens is 466 g/mol. The van der Waals surface area contributed by atoms with Crippen molar-refractivity contribution in [3.63, 3.8) is 0 Å². The van der Waals surface area contributed by atoms with E-state index in [0.29, 0.717) is 17.2 Å². The molecule has 6 rings (SSSR count). The fourth-order valence-corrected chi connectivity index (χ4v) is 7.03. The van der Waals surface area contributed by atoms with Gasteiger partial charge in [-0.2, -0.15) is 0 Å². The van der Waals surface area contributed by atoms with Gasteiger partial charge in [0.25, 0.3) is 0 Å². The summed E-state index contributed by atoms with van der Waals surface area (Å²) in [6.07, 6.45) is 3.32. The highest BCUT2D eigenvalue weighted by atomic mass is 32.2. The van der Waals surface area contributed by atoms with Crippen LogP contribution in [-0.2, 0) is 28.0 Å².